The molecular formula is C22H21F2N3O5S. The number of amides is 1. The molecule has 0 unspecified atom stereocenters. The van der Waals surface area contributed by atoms with Gasteiger partial charge in [-0.15, -0.1) is 0 Å². The van der Waals surface area contributed by atoms with E-state index in [9.17, 15) is 22.0 Å². The maximum absolute atomic E-state index is 13.4. The molecule has 0 saturated carbocycles. The van der Waals surface area contributed by atoms with E-state index in [1.54, 1.807) is 9.80 Å². The number of carbonyl (C=O) groups excluding carboxylic acids is 1. The summed E-state index contributed by atoms with van der Waals surface area (Å²) >= 11 is 0. The van der Waals surface area contributed by atoms with Crippen molar-refractivity contribution in [1.29, 1.82) is 0 Å². The molecule has 2 aromatic carbocycles. The highest BCUT2D eigenvalue weighted by Crippen LogP contribution is 2.35. The molecule has 4 rings (SSSR count). The summed E-state index contributed by atoms with van der Waals surface area (Å²) in [4.78, 5) is 19.5. The number of nitrogens with zero attached hydrogens (tertiary/aromatic N) is 3. The molecule has 1 fully saturated rings. The first kappa shape index (κ1) is 22.9. The number of piperazine rings is 1. The highest BCUT2D eigenvalue weighted by atomic mass is 32.2. The van der Waals surface area contributed by atoms with Crippen molar-refractivity contribution in [1.82, 2.24) is 9.88 Å². The Bertz CT molecular complexity index is 1240. The van der Waals surface area contributed by atoms with Crippen LogP contribution in [0.1, 0.15) is 0 Å². The third-order valence-electron chi connectivity index (χ3n) is 5.24. The molecule has 1 aromatic heterocycles. The van der Waals surface area contributed by atoms with Crippen molar-refractivity contribution in [2.75, 3.05) is 44.8 Å². The monoisotopic (exact) mass is 477 g/mol. The van der Waals surface area contributed by atoms with Crippen LogP contribution in [-0.2, 0) is 19.4 Å². The molecule has 0 aliphatic carbocycles. The number of oxazole rings is 1. The number of carbonyl (C=O) groups is 1. The van der Waals surface area contributed by atoms with Gasteiger partial charge in [-0.2, -0.15) is 4.98 Å². The number of halogens is 2. The number of sulfone groups is 1. The molecule has 8 nitrogen and oxygen atoms in total. The van der Waals surface area contributed by atoms with Gasteiger partial charge in [0.2, 0.25) is 32.5 Å². The van der Waals surface area contributed by atoms with Crippen molar-refractivity contribution < 1.29 is 31.1 Å². The SMILES string of the molecule is COCC(=O)N1CCN(c2oc(-c3ccc(F)cc3)nc2S(=O)(=O)c2ccc(F)cc2)CC1. The van der Waals surface area contributed by atoms with Crippen molar-refractivity contribution in [2.24, 2.45) is 0 Å². The maximum Gasteiger partial charge on any atom is 0.248 e. The summed E-state index contributed by atoms with van der Waals surface area (Å²) in [6, 6.07) is 9.70. The summed E-state index contributed by atoms with van der Waals surface area (Å²) in [5, 5.41) is -0.329. The Morgan fingerprint density at radius 1 is 1.00 bits per heavy atom. The number of benzene rings is 2. The standard InChI is InChI=1S/C22H21F2N3O5S/c1-31-14-19(28)26-10-12-27(13-11-26)22-21(33(29,30)18-8-6-17(24)7-9-18)25-20(32-22)15-2-4-16(23)5-3-15/h2-9H,10-14H2,1H3. The number of anilines is 1. The second-order valence-electron chi connectivity index (χ2n) is 7.39. The molecule has 0 radical (unpaired) electrons. The molecule has 1 saturated heterocycles. The van der Waals surface area contributed by atoms with Crippen LogP contribution in [0, 0.1) is 11.6 Å². The fourth-order valence-corrected chi connectivity index (χ4v) is 4.81. The van der Waals surface area contributed by atoms with Crippen molar-refractivity contribution in [3.05, 3.63) is 60.2 Å². The van der Waals surface area contributed by atoms with Gasteiger partial charge in [0.25, 0.3) is 0 Å². The number of hydrogen-bond acceptors (Lipinski definition) is 7. The zero-order valence-electron chi connectivity index (χ0n) is 17.7. The van der Waals surface area contributed by atoms with Gasteiger partial charge in [-0.25, -0.2) is 17.2 Å². The van der Waals surface area contributed by atoms with Crippen LogP contribution < -0.4 is 4.90 Å². The highest BCUT2D eigenvalue weighted by molar-refractivity contribution is 7.91. The molecule has 2 heterocycles. The fraction of sp³-hybridized carbons (Fsp3) is 0.273. The van der Waals surface area contributed by atoms with E-state index in [-0.39, 0.29) is 34.2 Å². The van der Waals surface area contributed by atoms with Crippen LogP contribution in [0.5, 0.6) is 0 Å². The molecule has 0 atom stereocenters. The van der Waals surface area contributed by atoms with Crippen molar-refractivity contribution in [3.8, 4) is 11.5 Å². The second-order valence-corrected chi connectivity index (χ2v) is 9.26. The zero-order chi connectivity index (χ0) is 23.6. The van der Waals surface area contributed by atoms with E-state index < -0.39 is 21.5 Å². The predicted octanol–water partition coefficient (Wildman–Crippen LogP) is 2.75. The van der Waals surface area contributed by atoms with Crippen molar-refractivity contribution in [2.45, 2.75) is 9.92 Å². The third-order valence-corrected chi connectivity index (χ3v) is 6.90. The quantitative estimate of drug-likeness (QED) is 0.504. The molecule has 11 heteroatoms. The van der Waals surface area contributed by atoms with Gasteiger partial charge in [0.1, 0.15) is 18.2 Å². The van der Waals surface area contributed by atoms with Gasteiger partial charge in [-0.3, -0.25) is 4.79 Å². The molecule has 1 aliphatic rings. The number of methoxy groups -OCH3 is 1. The molecule has 1 aliphatic heterocycles. The van der Waals surface area contributed by atoms with Crippen LogP contribution in [-0.4, -0.2) is 64.1 Å². The van der Waals surface area contributed by atoms with E-state index in [0.29, 0.717) is 31.7 Å². The van der Waals surface area contributed by atoms with Gasteiger partial charge in [0.05, 0.1) is 4.90 Å². The van der Waals surface area contributed by atoms with E-state index in [0.717, 1.165) is 24.3 Å². The lowest BCUT2D eigenvalue weighted by Gasteiger charge is -2.34. The number of ether oxygens (including phenoxy) is 1. The Kier molecular flexibility index (Phi) is 6.43. The Morgan fingerprint density at radius 3 is 2.15 bits per heavy atom. The molecule has 0 N–H and O–H groups in total. The number of rotatable bonds is 6. The topological polar surface area (TPSA) is 92.9 Å². The van der Waals surface area contributed by atoms with Gasteiger partial charge in [-0.05, 0) is 48.5 Å². The smallest absolute Gasteiger partial charge is 0.248 e. The van der Waals surface area contributed by atoms with Gasteiger partial charge >= 0.3 is 0 Å². The predicted molar refractivity (Wildman–Crippen MR) is 114 cm³/mol. The number of hydrogen-bond donors (Lipinski definition) is 0. The molecule has 0 bridgehead atoms. The Labute approximate surface area is 189 Å². The molecule has 0 spiro atoms. The largest absolute Gasteiger partial charge is 0.419 e. The normalized spacial score (nSPS) is 14.5. The van der Waals surface area contributed by atoms with Crippen LogP contribution in [0.25, 0.3) is 11.5 Å². The van der Waals surface area contributed by atoms with Crippen LogP contribution in [0.2, 0.25) is 0 Å². The van der Waals surface area contributed by atoms with Crippen molar-refractivity contribution in [3.63, 3.8) is 0 Å². The minimum atomic E-state index is -4.16. The first-order chi connectivity index (χ1) is 15.8. The van der Waals surface area contributed by atoms with E-state index in [1.807, 2.05) is 0 Å². The van der Waals surface area contributed by atoms with Crippen molar-refractivity contribution >= 4 is 21.6 Å². The first-order valence-corrected chi connectivity index (χ1v) is 11.6. The zero-order valence-corrected chi connectivity index (χ0v) is 18.5. The second kappa shape index (κ2) is 9.28. The van der Waals surface area contributed by atoms with Gasteiger partial charge in [0.15, 0.2) is 0 Å². The van der Waals surface area contributed by atoms with Gasteiger partial charge < -0.3 is 19.0 Å². The fourth-order valence-electron chi connectivity index (χ4n) is 3.49. The van der Waals surface area contributed by atoms with E-state index in [1.165, 1.54) is 31.4 Å². The molecule has 174 valence electrons. The lowest BCUT2D eigenvalue weighted by molar-refractivity contribution is -0.135. The van der Waals surface area contributed by atoms with E-state index in [4.69, 9.17) is 9.15 Å². The van der Waals surface area contributed by atoms with Crippen LogP contribution in [0.15, 0.2) is 62.9 Å². The van der Waals surface area contributed by atoms with Crippen LogP contribution >= 0.6 is 0 Å². The summed E-state index contributed by atoms with van der Waals surface area (Å²) in [6.45, 7) is 1.25. The average Bonchev–Trinajstić information content (AvgIpc) is 3.26. The Balaban J connectivity index is 1.72. The molecule has 33 heavy (non-hydrogen) atoms. The minimum Gasteiger partial charge on any atom is -0.419 e. The molecular weight excluding hydrogens is 456 g/mol. The van der Waals surface area contributed by atoms with E-state index in [2.05, 4.69) is 4.98 Å². The summed E-state index contributed by atoms with van der Waals surface area (Å²) in [5.74, 6) is -1.18. The van der Waals surface area contributed by atoms with E-state index >= 15 is 0 Å². The minimum absolute atomic E-state index is 0.00331. The molecule has 3 aromatic rings. The van der Waals surface area contributed by atoms with Gasteiger partial charge in [-0.1, -0.05) is 0 Å². The summed E-state index contributed by atoms with van der Waals surface area (Å²) in [7, 11) is -2.72. The first-order valence-electron chi connectivity index (χ1n) is 10.1. The highest BCUT2D eigenvalue weighted by Gasteiger charge is 2.33. The Hall–Kier alpha value is -3.31. The summed E-state index contributed by atoms with van der Waals surface area (Å²) < 4.78 is 64.2. The lowest BCUT2D eigenvalue weighted by Crippen LogP contribution is -2.49. The number of aromatic nitrogens is 1. The maximum atomic E-state index is 13.4. The lowest BCUT2D eigenvalue weighted by atomic mass is 10.2. The summed E-state index contributed by atoms with van der Waals surface area (Å²) in [6.07, 6.45) is 0. The van der Waals surface area contributed by atoms with Crippen LogP contribution in [0.4, 0.5) is 14.7 Å². The summed E-state index contributed by atoms with van der Waals surface area (Å²) in [5.41, 5.74) is 0.395. The van der Waals surface area contributed by atoms with Crippen LogP contribution in [0.3, 0.4) is 0 Å². The van der Waals surface area contributed by atoms with Gasteiger partial charge in [0, 0.05) is 38.9 Å². The Morgan fingerprint density at radius 2 is 1.58 bits per heavy atom. The molecule has 1 amide bonds. The average molecular weight is 477 g/mol. The third kappa shape index (κ3) is 4.74.